The Morgan fingerprint density at radius 2 is 2.50 bits per heavy atom. The van der Waals surface area contributed by atoms with E-state index in [1.54, 1.807) is 7.05 Å². The Hall–Kier alpha value is -0.640. The molecule has 0 aliphatic rings. The molecule has 0 bridgehead atoms. The predicted octanol–water partition coefficient (Wildman–Crippen LogP) is 0.675. The van der Waals surface area contributed by atoms with Gasteiger partial charge in [-0.15, -0.1) is 0 Å². The molecule has 0 spiro atoms. The zero-order chi connectivity index (χ0) is 7.56. The van der Waals surface area contributed by atoms with Gasteiger partial charge in [0.25, 0.3) is 5.56 Å². The molecule has 1 aromatic rings. The number of halogens is 1. The van der Waals surface area contributed by atoms with Crippen LogP contribution in [0.15, 0.2) is 17.2 Å². The van der Waals surface area contributed by atoms with Crippen molar-refractivity contribution in [1.29, 1.82) is 0 Å². The summed E-state index contributed by atoms with van der Waals surface area (Å²) in [5, 5.41) is 0.628. The van der Waals surface area contributed by atoms with E-state index in [0.29, 0.717) is 5.33 Å². The van der Waals surface area contributed by atoms with Crippen LogP contribution in [0, 0.1) is 0 Å². The van der Waals surface area contributed by atoms with E-state index in [2.05, 4.69) is 20.9 Å². The second kappa shape index (κ2) is 2.96. The van der Waals surface area contributed by atoms with E-state index >= 15 is 0 Å². The Bertz CT molecular complexity index is 281. The van der Waals surface area contributed by atoms with Crippen molar-refractivity contribution in [3.8, 4) is 0 Å². The summed E-state index contributed by atoms with van der Waals surface area (Å²) in [6, 6.07) is 1.51. The number of aromatic nitrogens is 2. The Labute approximate surface area is 66.8 Å². The lowest BCUT2D eigenvalue weighted by molar-refractivity contribution is 0.812. The van der Waals surface area contributed by atoms with Crippen LogP contribution in [0.2, 0.25) is 0 Å². The molecule has 54 valence electrons. The predicted molar refractivity (Wildman–Crippen MR) is 42.1 cm³/mol. The van der Waals surface area contributed by atoms with Gasteiger partial charge in [-0.1, -0.05) is 15.9 Å². The highest BCUT2D eigenvalue weighted by molar-refractivity contribution is 9.08. The topological polar surface area (TPSA) is 34.9 Å². The maximum absolute atomic E-state index is 10.9. The number of hydrogen-bond acceptors (Lipinski definition) is 2. The molecule has 1 aromatic heterocycles. The maximum Gasteiger partial charge on any atom is 0.253 e. The van der Waals surface area contributed by atoms with Gasteiger partial charge in [-0.2, -0.15) is 0 Å². The molecule has 0 saturated carbocycles. The SMILES string of the molecule is Cn1cnc(CBr)cc1=O. The van der Waals surface area contributed by atoms with Gasteiger partial charge in [-0.05, 0) is 0 Å². The second-order valence-corrected chi connectivity index (χ2v) is 2.52. The molecule has 1 heterocycles. The largest absolute Gasteiger partial charge is 0.302 e. The van der Waals surface area contributed by atoms with Crippen LogP contribution in [-0.4, -0.2) is 9.55 Å². The van der Waals surface area contributed by atoms with Crippen LogP contribution in [0.1, 0.15) is 5.69 Å². The van der Waals surface area contributed by atoms with Crippen LogP contribution >= 0.6 is 15.9 Å². The van der Waals surface area contributed by atoms with Crippen molar-refractivity contribution < 1.29 is 0 Å². The second-order valence-electron chi connectivity index (χ2n) is 1.96. The maximum atomic E-state index is 10.9. The summed E-state index contributed by atoms with van der Waals surface area (Å²) < 4.78 is 1.44. The third-order valence-electron chi connectivity index (χ3n) is 1.17. The molecule has 0 N–H and O–H groups in total. The summed E-state index contributed by atoms with van der Waals surface area (Å²) in [6.45, 7) is 0. The van der Waals surface area contributed by atoms with Gasteiger partial charge in [0, 0.05) is 18.4 Å². The minimum atomic E-state index is -0.0237. The number of nitrogens with zero attached hydrogens (tertiary/aromatic N) is 2. The first-order valence-corrected chi connectivity index (χ1v) is 3.93. The average molecular weight is 203 g/mol. The summed E-state index contributed by atoms with van der Waals surface area (Å²) in [5.74, 6) is 0. The summed E-state index contributed by atoms with van der Waals surface area (Å²) in [4.78, 5) is 14.9. The molecule has 0 aromatic carbocycles. The van der Waals surface area contributed by atoms with Crippen molar-refractivity contribution in [2.45, 2.75) is 5.33 Å². The fraction of sp³-hybridized carbons (Fsp3) is 0.333. The molecule has 0 amide bonds. The summed E-state index contributed by atoms with van der Waals surface area (Å²) in [6.07, 6.45) is 1.51. The molecule has 0 aliphatic heterocycles. The first-order chi connectivity index (χ1) is 4.74. The molecule has 4 heteroatoms. The normalized spacial score (nSPS) is 9.80. The minimum absolute atomic E-state index is 0.0237. The van der Waals surface area contributed by atoms with Crippen LogP contribution in [0.25, 0.3) is 0 Å². The Morgan fingerprint density at radius 1 is 1.80 bits per heavy atom. The monoisotopic (exact) mass is 202 g/mol. The van der Waals surface area contributed by atoms with Crippen molar-refractivity contribution in [2.24, 2.45) is 7.05 Å². The molecule has 0 radical (unpaired) electrons. The fourth-order valence-electron chi connectivity index (χ4n) is 0.572. The lowest BCUT2D eigenvalue weighted by atomic mass is 10.4. The smallest absolute Gasteiger partial charge is 0.253 e. The molecular weight excluding hydrogens is 196 g/mol. The van der Waals surface area contributed by atoms with Crippen molar-refractivity contribution in [2.75, 3.05) is 0 Å². The minimum Gasteiger partial charge on any atom is -0.302 e. The van der Waals surface area contributed by atoms with Crippen LogP contribution in [0.4, 0.5) is 0 Å². The standard InChI is InChI=1S/C6H7BrN2O/c1-9-4-8-5(3-7)2-6(9)10/h2,4H,3H2,1H3. The first kappa shape index (κ1) is 7.47. The molecule has 0 unspecified atom stereocenters. The third kappa shape index (κ3) is 1.44. The molecule has 1 rings (SSSR count). The zero-order valence-corrected chi connectivity index (χ0v) is 7.13. The molecule has 0 saturated heterocycles. The van der Waals surface area contributed by atoms with Crippen molar-refractivity contribution >= 4 is 15.9 Å². The van der Waals surface area contributed by atoms with Gasteiger partial charge >= 0.3 is 0 Å². The Kier molecular flexibility index (Phi) is 2.21. The van der Waals surface area contributed by atoms with E-state index in [1.165, 1.54) is 17.0 Å². The number of alkyl halides is 1. The highest BCUT2D eigenvalue weighted by atomic mass is 79.9. The fourth-order valence-corrected chi connectivity index (χ4v) is 0.879. The van der Waals surface area contributed by atoms with Gasteiger partial charge in [-0.3, -0.25) is 4.79 Å². The van der Waals surface area contributed by atoms with E-state index < -0.39 is 0 Å². The summed E-state index contributed by atoms with van der Waals surface area (Å²) >= 11 is 3.21. The van der Waals surface area contributed by atoms with E-state index in [-0.39, 0.29) is 5.56 Å². The van der Waals surface area contributed by atoms with Crippen molar-refractivity contribution in [3.63, 3.8) is 0 Å². The molecule has 0 fully saturated rings. The summed E-state index contributed by atoms with van der Waals surface area (Å²) in [5.41, 5.74) is 0.743. The average Bonchev–Trinajstić information content (AvgIpc) is 1.95. The summed E-state index contributed by atoms with van der Waals surface area (Å²) in [7, 11) is 1.67. The van der Waals surface area contributed by atoms with Gasteiger partial charge in [0.05, 0.1) is 12.0 Å². The lowest BCUT2D eigenvalue weighted by Crippen LogP contribution is -2.16. The van der Waals surface area contributed by atoms with Gasteiger partial charge in [0.2, 0.25) is 0 Å². The number of aryl methyl sites for hydroxylation is 1. The molecular formula is C6H7BrN2O. The Morgan fingerprint density at radius 3 is 3.00 bits per heavy atom. The quantitative estimate of drug-likeness (QED) is 0.629. The van der Waals surface area contributed by atoms with Crippen LogP contribution < -0.4 is 5.56 Å². The number of hydrogen-bond donors (Lipinski definition) is 0. The molecule has 0 aliphatic carbocycles. The van der Waals surface area contributed by atoms with E-state index in [1.807, 2.05) is 0 Å². The lowest BCUT2D eigenvalue weighted by Gasteiger charge is -1.95. The highest BCUT2D eigenvalue weighted by Crippen LogP contribution is 1.95. The zero-order valence-electron chi connectivity index (χ0n) is 5.54. The van der Waals surface area contributed by atoms with Crippen molar-refractivity contribution in [1.82, 2.24) is 9.55 Å². The van der Waals surface area contributed by atoms with E-state index in [0.717, 1.165) is 5.69 Å². The van der Waals surface area contributed by atoms with Crippen LogP contribution in [-0.2, 0) is 12.4 Å². The van der Waals surface area contributed by atoms with Gasteiger partial charge in [0.1, 0.15) is 0 Å². The van der Waals surface area contributed by atoms with Gasteiger partial charge < -0.3 is 4.57 Å². The Balaban J connectivity index is 3.17. The van der Waals surface area contributed by atoms with Crippen molar-refractivity contribution in [3.05, 3.63) is 28.4 Å². The van der Waals surface area contributed by atoms with Crippen LogP contribution in [0.3, 0.4) is 0 Å². The van der Waals surface area contributed by atoms with Crippen LogP contribution in [0.5, 0.6) is 0 Å². The first-order valence-electron chi connectivity index (χ1n) is 2.81. The molecule has 0 atom stereocenters. The molecule has 10 heavy (non-hydrogen) atoms. The van der Waals surface area contributed by atoms with E-state index in [9.17, 15) is 4.79 Å². The third-order valence-corrected chi connectivity index (χ3v) is 1.75. The van der Waals surface area contributed by atoms with E-state index in [4.69, 9.17) is 0 Å². The van der Waals surface area contributed by atoms with Gasteiger partial charge in [-0.25, -0.2) is 4.98 Å². The number of rotatable bonds is 1. The molecule has 3 nitrogen and oxygen atoms in total. The highest BCUT2D eigenvalue weighted by Gasteiger charge is 1.92. The van der Waals surface area contributed by atoms with Gasteiger partial charge in [0.15, 0.2) is 0 Å².